The molecule has 7 nitrogen and oxygen atoms in total. The van der Waals surface area contributed by atoms with Gasteiger partial charge in [-0.3, -0.25) is 9.89 Å². The second-order valence-corrected chi connectivity index (χ2v) is 9.12. The van der Waals surface area contributed by atoms with Gasteiger partial charge in [-0.25, -0.2) is 4.98 Å². The van der Waals surface area contributed by atoms with Gasteiger partial charge in [0.1, 0.15) is 11.6 Å². The van der Waals surface area contributed by atoms with Gasteiger partial charge >= 0.3 is 0 Å². The fourth-order valence-electron chi connectivity index (χ4n) is 5.15. The SMILES string of the molecule is COc1ccc(CCC(=O)N2CC3(CN(C)CC3c3nc(-c4ccccc4)n[nH]3)C2)cc1. The number of amides is 1. The quantitative estimate of drug-likeness (QED) is 0.650. The molecule has 3 heterocycles. The number of nitrogens with zero attached hydrogens (tertiary/aromatic N) is 4. The predicted molar refractivity (Wildman–Crippen MR) is 122 cm³/mol. The Morgan fingerprint density at radius 2 is 1.88 bits per heavy atom. The average molecular weight is 432 g/mol. The van der Waals surface area contributed by atoms with Crippen LogP contribution in [-0.4, -0.2) is 71.2 Å². The van der Waals surface area contributed by atoms with E-state index in [2.05, 4.69) is 22.1 Å². The minimum atomic E-state index is 0.0536. The molecule has 0 saturated carbocycles. The molecule has 3 aromatic rings. The van der Waals surface area contributed by atoms with Crippen molar-refractivity contribution in [2.24, 2.45) is 5.41 Å². The van der Waals surface area contributed by atoms with Crippen LogP contribution in [0.2, 0.25) is 0 Å². The summed E-state index contributed by atoms with van der Waals surface area (Å²) < 4.78 is 5.20. The van der Waals surface area contributed by atoms with Gasteiger partial charge in [0.2, 0.25) is 5.91 Å². The lowest BCUT2D eigenvalue weighted by molar-refractivity contribution is -0.143. The van der Waals surface area contributed by atoms with Crippen LogP contribution in [0.15, 0.2) is 54.6 Å². The highest BCUT2D eigenvalue weighted by Gasteiger charge is 2.56. The van der Waals surface area contributed by atoms with Crippen LogP contribution in [-0.2, 0) is 11.2 Å². The maximum absolute atomic E-state index is 12.8. The maximum atomic E-state index is 12.8. The number of aryl methyl sites for hydroxylation is 1. The molecule has 2 aliphatic heterocycles. The summed E-state index contributed by atoms with van der Waals surface area (Å²) in [7, 11) is 3.80. The fourth-order valence-corrected chi connectivity index (χ4v) is 5.15. The van der Waals surface area contributed by atoms with Gasteiger partial charge in [-0.05, 0) is 31.2 Å². The minimum absolute atomic E-state index is 0.0536. The number of methoxy groups -OCH3 is 1. The molecule has 5 rings (SSSR count). The molecule has 0 radical (unpaired) electrons. The number of hydrogen-bond acceptors (Lipinski definition) is 5. The molecule has 0 bridgehead atoms. The van der Waals surface area contributed by atoms with Crippen LogP contribution in [0.4, 0.5) is 0 Å². The zero-order valence-corrected chi connectivity index (χ0v) is 18.6. The smallest absolute Gasteiger partial charge is 0.222 e. The summed E-state index contributed by atoms with van der Waals surface area (Å²) in [5, 5.41) is 7.65. The summed E-state index contributed by atoms with van der Waals surface area (Å²) in [6.07, 6.45) is 1.28. The van der Waals surface area contributed by atoms with Gasteiger partial charge in [0, 0.05) is 49.5 Å². The van der Waals surface area contributed by atoms with Gasteiger partial charge in [0.05, 0.1) is 7.11 Å². The molecular weight excluding hydrogens is 402 g/mol. The van der Waals surface area contributed by atoms with Crippen LogP contribution in [0.25, 0.3) is 11.4 Å². The topological polar surface area (TPSA) is 74.3 Å². The lowest BCUT2D eigenvalue weighted by atomic mass is 9.71. The highest BCUT2D eigenvalue weighted by molar-refractivity contribution is 5.77. The van der Waals surface area contributed by atoms with Crippen molar-refractivity contribution >= 4 is 5.91 Å². The largest absolute Gasteiger partial charge is 0.497 e. The third-order valence-corrected chi connectivity index (χ3v) is 6.83. The van der Waals surface area contributed by atoms with Gasteiger partial charge in [0.25, 0.3) is 0 Å². The molecule has 1 amide bonds. The Balaban J connectivity index is 1.22. The number of aromatic amines is 1. The van der Waals surface area contributed by atoms with E-state index in [1.54, 1.807) is 7.11 Å². The van der Waals surface area contributed by atoms with Crippen molar-refractivity contribution < 1.29 is 9.53 Å². The maximum Gasteiger partial charge on any atom is 0.222 e. The predicted octanol–water partition coefficient (Wildman–Crippen LogP) is 2.97. The number of H-pyrrole nitrogens is 1. The van der Waals surface area contributed by atoms with E-state index in [-0.39, 0.29) is 17.2 Å². The number of likely N-dealkylation sites (tertiary alicyclic amines) is 2. The summed E-state index contributed by atoms with van der Waals surface area (Å²) >= 11 is 0. The summed E-state index contributed by atoms with van der Waals surface area (Å²) in [5.41, 5.74) is 2.22. The van der Waals surface area contributed by atoms with Gasteiger partial charge in [-0.2, -0.15) is 5.10 Å². The molecular formula is C25H29N5O2. The number of aromatic nitrogens is 3. The van der Waals surface area contributed by atoms with E-state index in [4.69, 9.17) is 9.72 Å². The van der Waals surface area contributed by atoms with Crippen molar-refractivity contribution in [1.29, 1.82) is 0 Å². The van der Waals surface area contributed by atoms with E-state index in [0.29, 0.717) is 6.42 Å². The number of rotatable bonds is 6. The molecule has 166 valence electrons. The molecule has 1 atom stereocenters. The van der Waals surface area contributed by atoms with Crippen LogP contribution >= 0.6 is 0 Å². The molecule has 1 N–H and O–H groups in total. The zero-order chi connectivity index (χ0) is 22.1. The fraction of sp³-hybridized carbons (Fsp3) is 0.400. The third-order valence-electron chi connectivity index (χ3n) is 6.83. The van der Waals surface area contributed by atoms with Crippen molar-refractivity contribution in [3.05, 3.63) is 66.0 Å². The van der Waals surface area contributed by atoms with Crippen LogP contribution in [0.1, 0.15) is 23.7 Å². The monoisotopic (exact) mass is 431 g/mol. The Morgan fingerprint density at radius 3 is 2.59 bits per heavy atom. The number of benzene rings is 2. The van der Waals surface area contributed by atoms with Crippen molar-refractivity contribution in [2.45, 2.75) is 18.8 Å². The molecule has 2 aromatic carbocycles. The Bertz CT molecular complexity index is 1070. The van der Waals surface area contributed by atoms with Crippen molar-refractivity contribution in [2.75, 3.05) is 40.3 Å². The second kappa shape index (κ2) is 8.39. The average Bonchev–Trinajstić information content (AvgIpc) is 3.42. The molecule has 1 spiro atoms. The lowest BCUT2D eigenvalue weighted by Crippen LogP contribution is -2.61. The van der Waals surface area contributed by atoms with Gasteiger partial charge in [0.15, 0.2) is 5.82 Å². The van der Waals surface area contributed by atoms with Crippen LogP contribution in [0.5, 0.6) is 5.75 Å². The van der Waals surface area contributed by atoms with Crippen molar-refractivity contribution in [3.8, 4) is 17.1 Å². The number of carbonyl (C=O) groups excluding carboxylic acids is 1. The first-order valence-corrected chi connectivity index (χ1v) is 11.1. The Kier molecular flexibility index (Phi) is 5.43. The van der Waals surface area contributed by atoms with Crippen molar-refractivity contribution in [3.63, 3.8) is 0 Å². The number of ether oxygens (including phenoxy) is 1. The first kappa shape index (κ1) is 20.7. The number of carbonyl (C=O) groups is 1. The van der Waals surface area contributed by atoms with E-state index >= 15 is 0 Å². The lowest BCUT2D eigenvalue weighted by Gasteiger charge is -2.50. The highest BCUT2D eigenvalue weighted by Crippen LogP contribution is 2.48. The van der Waals surface area contributed by atoms with E-state index in [9.17, 15) is 4.79 Å². The standard InChI is InChI=1S/C25H29N5O2/c1-29-14-21(24-26-23(27-28-24)19-6-4-3-5-7-19)25(15-29)16-30(17-25)22(31)13-10-18-8-11-20(32-2)12-9-18/h3-9,11-12,21H,10,13-17H2,1-2H3,(H,26,27,28). The van der Waals surface area contributed by atoms with Crippen LogP contribution < -0.4 is 4.74 Å². The van der Waals surface area contributed by atoms with Crippen molar-refractivity contribution in [1.82, 2.24) is 25.0 Å². The minimum Gasteiger partial charge on any atom is -0.497 e. The number of nitrogens with one attached hydrogen (secondary N) is 1. The van der Waals surface area contributed by atoms with Crippen LogP contribution in [0.3, 0.4) is 0 Å². The molecule has 2 fully saturated rings. The molecule has 2 aliphatic rings. The summed E-state index contributed by atoms with van der Waals surface area (Å²) in [6.45, 7) is 3.47. The summed E-state index contributed by atoms with van der Waals surface area (Å²) in [5.74, 6) is 2.98. The van der Waals surface area contributed by atoms with E-state index in [1.165, 1.54) is 0 Å². The Labute approximate surface area is 188 Å². The van der Waals surface area contributed by atoms with Gasteiger partial charge in [-0.1, -0.05) is 42.5 Å². The summed E-state index contributed by atoms with van der Waals surface area (Å²) in [4.78, 5) is 22.0. The van der Waals surface area contributed by atoms with Gasteiger partial charge in [-0.15, -0.1) is 0 Å². The third kappa shape index (κ3) is 3.88. The van der Waals surface area contributed by atoms with E-state index < -0.39 is 0 Å². The molecule has 7 heteroatoms. The summed E-state index contributed by atoms with van der Waals surface area (Å²) in [6, 6.07) is 18.0. The van der Waals surface area contributed by atoms with E-state index in [0.717, 1.165) is 61.1 Å². The first-order valence-electron chi connectivity index (χ1n) is 11.1. The molecule has 1 aromatic heterocycles. The Hall–Kier alpha value is -3.19. The normalized spacial score (nSPS) is 19.8. The molecule has 1 unspecified atom stereocenters. The van der Waals surface area contributed by atoms with Gasteiger partial charge < -0.3 is 14.5 Å². The first-order chi connectivity index (χ1) is 15.6. The zero-order valence-electron chi connectivity index (χ0n) is 18.6. The molecule has 0 aliphatic carbocycles. The molecule has 2 saturated heterocycles. The molecule has 32 heavy (non-hydrogen) atoms. The van der Waals surface area contributed by atoms with Crippen LogP contribution in [0, 0.1) is 5.41 Å². The van der Waals surface area contributed by atoms with E-state index in [1.807, 2.05) is 59.5 Å². The highest BCUT2D eigenvalue weighted by atomic mass is 16.5. The number of likely N-dealkylation sites (N-methyl/N-ethyl adjacent to an activating group) is 1. The Morgan fingerprint density at radius 1 is 1.12 bits per heavy atom. The number of hydrogen-bond donors (Lipinski definition) is 1. The second-order valence-electron chi connectivity index (χ2n) is 9.12.